The van der Waals surface area contributed by atoms with Crippen molar-refractivity contribution in [1.29, 1.82) is 0 Å². The predicted molar refractivity (Wildman–Crippen MR) is 65.0 cm³/mol. The normalized spacial score (nSPS) is 12.4. The van der Waals surface area contributed by atoms with E-state index >= 15 is 0 Å². The highest BCUT2D eigenvalue weighted by atomic mass is 16.5. The lowest BCUT2D eigenvalue weighted by Gasteiger charge is -2.14. The maximum atomic E-state index is 11.0. The molecule has 0 aliphatic rings. The Balaban J connectivity index is 2.77. The minimum absolute atomic E-state index is 0.152. The Hall–Kier alpha value is -1.83. The molecule has 0 bridgehead atoms. The van der Waals surface area contributed by atoms with Crippen LogP contribution in [0, 0.1) is 0 Å². The van der Waals surface area contributed by atoms with Gasteiger partial charge in [0.05, 0.1) is 7.11 Å². The molecule has 2 rings (SSSR count). The molecule has 0 aliphatic carbocycles. The minimum atomic E-state index is -0.152. The summed E-state index contributed by atoms with van der Waals surface area (Å²) in [7, 11) is 1.63. The molecular weight excluding hydrogens is 200 g/mol. The Morgan fingerprint density at radius 1 is 1.19 bits per heavy atom. The van der Waals surface area contributed by atoms with Gasteiger partial charge in [0.25, 0.3) is 0 Å². The monoisotopic (exact) mass is 214 g/mol. The van der Waals surface area contributed by atoms with Crippen LogP contribution in [-0.2, 0) is 4.79 Å². The van der Waals surface area contributed by atoms with Gasteiger partial charge in [-0.2, -0.15) is 0 Å². The molecular formula is C14H14O2. The van der Waals surface area contributed by atoms with Crippen LogP contribution in [0.25, 0.3) is 10.8 Å². The van der Waals surface area contributed by atoms with Crippen LogP contribution in [0.1, 0.15) is 18.4 Å². The van der Waals surface area contributed by atoms with E-state index in [0.717, 1.165) is 28.4 Å². The lowest BCUT2D eigenvalue weighted by atomic mass is 9.95. The second-order valence-electron chi connectivity index (χ2n) is 3.83. The fraction of sp³-hybridized carbons (Fsp3) is 0.214. The van der Waals surface area contributed by atoms with Gasteiger partial charge >= 0.3 is 0 Å². The van der Waals surface area contributed by atoms with Gasteiger partial charge in [-0.1, -0.05) is 37.3 Å². The molecule has 0 aromatic heterocycles. The maximum absolute atomic E-state index is 11.0. The van der Waals surface area contributed by atoms with Crippen molar-refractivity contribution in [2.75, 3.05) is 7.11 Å². The molecule has 0 fully saturated rings. The molecule has 2 heteroatoms. The van der Waals surface area contributed by atoms with E-state index in [1.54, 1.807) is 7.11 Å². The van der Waals surface area contributed by atoms with Crippen LogP contribution < -0.4 is 4.74 Å². The first-order chi connectivity index (χ1) is 7.77. The highest BCUT2D eigenvalue weighted by molar-refractivity contribution is 5.90. The summed E-state index contributed by atoms with van der Waals surface area (Å²) in [5.41, 5.74) is 0.968. The molecule has 2 aromatic rings. The smallest absolute Gasteiger partial charge is 0.127 e. The van der Waals surface area contributed by atoms with Gasteiger partial charge in [-0.05, 0) is 16.8 Å². The minimum Gasteiger partial charge on any atom is -0.496 e. The molecule has 16 heavy (non-hydrogen) atoms. The van der Waals surface area contributed by atoms with Gasteiger partial charge in [-0.3, -0.25) is 0 Å². The molecule has 0 aliphatic heterocycles. The first-order valence-corrected chi connectivity index (χ1v) is 5.29. The van der Waals surface area contributed by atoms with E-state index in [1.165, 1.54) is 0 Å². The molecule has 0 amide bonds. The molecule has 1 atom stereocenters. The summed E-state index contributed by atoms with van der Waals surface area (Å²) in [5, 5.41) is 2.22. The summed E-state index contributed by atoms with van der Waals surface area (Å²) in [4.78, 5) is 11.0. The highest BCUT2D eigenvalue weighted by Crippen LogP contribution is 2.32. The Morgan fingerprint density at radius 3 is 2.62 bits per heavy atom. The van der Waals surface area contributed by atoms with E-state index in [2.05, 4.69) is 0 Å². The van der Waals surface area contributed by atoms with E-state index < -0.39 is 0 Å². The maximum Gasteiger partial charge on any atom is 0.127 e. The quantitative estimate of drug-likeness (QED) is 0.734. The van der Waals surface area contributed by atoms with Crippen molar-refractivity contribution >= 4 is 17.1 Å². The molecule has 2 aromatic carbocycles. The van der Waals surface area contributed by atoms with E-state index in [-0.39, 0.29) is 5.92 Å². The number of carbonyl (C=O) groups excluding carboxylic acids is 1. The lowest BCUT2D eigenvalue weighted by molar-refractivity contribution is -0.108. The second kappa shape index (κ2) is 4.35. The van der Waals surface area contributed by atoms with Crippen LogP contribution in [0.15, 0.2) is 36.4 Å². The summed E-state index contributed by atoms with van der Waals surface area (Å²) in [6.45, 7) is 1.89. The SMILES string of the molecule is COc1ccc2ccccc2c1C(C)C=O. The van der Waals surface area contributed by atoms with Crippen molar-refractivity contribution in [3.05, 3.63) is 42.0 Å². The van der Waals surface area contributed by atoms with E-state index in [1.807, 2.05) is 43.3 Å². The Bertz CT molecular complexity index is 517. The topological polar surface area (TPSA) is 26.3 Å². The van der Waals surface area contributed by atoms with Crippen molar-refractivity contribution in [1.82, 2.24) is 0 Å². The van der Waals surface area contributed by atoms with Crippen LogP contribution >= 0.6 is 0 Å². The van der Waals surface area contributed by atoms with Gasteiger partial charge < -0.3 is 9.53 Å². The van der Waals surface area contributed by atoms with Gasteiger partial charge in [0.2, 0.25) is 0 Å². The summed E-state index contributed by atoms with van der Waals surface area (Å²) < 4.78 is 5.32. The van der Waals surface area contributed by atoms with Crippen LogP contribution in [0.4, 0.5) is 0 Å². The molecule has 2 nitrogen and oxygen atoms in total. The molecule has 0 radical (unpaired) electrons. The number of hydrogen-bond donors (Lipinski definition) is 0. The van der Waals surface area contributed by atoms with E-state index in [0.29, 0.717) is 0 Å². The second-order valence-corrected chi connectivity index (χ2v) is 3.83. The number of aldehydes is 1. The molecule has 0 spiro atoms. The van der Waals surface area contributed by atoms with Crippen LogP contribution in [0.2, 0.25) is 0 Å². The van der Waals surface area contributed by atoms with Gasteiger partial charge in [0, 0.05) is 11.5 Å². The standard InChI is InChI=1S/C14H14O2/c1-10(9-15)14-12-6-4-3-5-11(12)7-8-13(14)16-2/h3-10H,1-2H3. The zero-order valence-corrected chi connectivity index (χ0v) is 9.44. The Kier molecular flexibility index (Phi) is 2.91. The molecule has 0 heterocycles. The number of ether oxygens (including phenoxy) is 1. The van der Waals surface area contributed by atoms with Gasteiger partial charge in [-0.15, -0.1) is 0 Å². The number of rotatable bonds is 3. The Labute approximate surface area is 94.8 Å². The fourth-order valence-corrected chi connectivity index (χ4v) is 1.99. The predicted octanol–water partition coefficient (Wildman–Crippen LogP) is 3.15. The summed E-state index contributed by atoms with van der Waals surface area (Å²) in [6.07, 6.45) is 0.949. The fourth-order valence-electron chi connectivity index (χ4n) is 1.99. The summed E-state index contributed by atoms with van der Waals surface area (Å²) in [6, 6.07) is 11.9. The summed E-state index contributed by atoms with van der Waals surface area (Å²) in [5.74, 6) is 0.624. The van der Waals surface area contributed by atoms with Crippen molar-refractivity contribution in [2.45, 2.75) is 12.8 Å². The number of fused-ring (bicyclic) bond motifs is 1. The van der Waals surface area contributed by atoms with Crippen LogP contribution in [0.5, 0.6) is 5.75 Å². The average Bonchev–Trinajstić information content (AvgIpc) is 2.36. The van der Waals surface area contributed by atoms with Crippen LogP contribution in [-0.4, -0.2) is 13.4 Å². The van der Waals surface area contributed by atoms with Crippen molar-refractivity contribution < 1.29 is 9.53 Å². The highest BCUT2D eigenvalue weighted by Gasteiger charge is 2.13. The third kappa shape index (κ3) is 1.67. The first kappa shape index (κ1) is 10.7. The van der Waals surface area contributed by atoms with E-state index in [4.69, 9.17) is 4.74 Å². The average molecular weight is 214 g/mol. The van der Waals surface area contributed by atoms with Crippen molar-refractivity contribution in [3.63, 3.8) is 0 Å². The summed E-state index contributed by atoms with van der Waals surface area (Å²) >= 11 is 0. The third-order valence-electron chi connectivity index (χ3n) is 2.81. The zero-order chi connectivity index (χ0) is 11.5. The third-order valence-corrected chi connectivity index (χ3v) is 2.81. The number of methoxy groups -OCH3 is 1. The van der Waals surface area contributed by atoms with Gasteiger partial charge in [-0.25, -0.2) is 0 Å². The molecule has 0 saturated heterocycles. The van der Waals surface area contributed by atoms with Crippen LogP contribution in [0.3, 0.4) is 0 Å². The van der Waals surface area contributed by atoms with Crippen molar-refractivity contribution in [2.24, 2.45) is 0 Å². The Morgan fingerprint density at radius 2 is 1.94 bits per heavy atom. The molecule has 0 saturated carbocycles. The number of benzene rings is 2. The number of hydrogen-bond acceptors (Lipinski definition) is 2. The van der Waals surface area contributed by atoms with Gasteiger partial charge in [0.15, 0.2) is 0 Å². The molecule has 1 unspecified atom stereocenters. The van der Waals surface area contributed by atoms with Crippen molar-refractivity contribution in [3.8, 4) is 5.75 Å². The van der Waals surface area contributed by atoms with Gasteiger partial charge in [0.1, 0.15) is 12.0 Å². The zero-order valence-electron chi connectivity index (χ0n) is 9.44. The van der Waals surface area contributed by atoms with E-state index in [9.17, 15) is 4.79 Å². The molecule has 0 N–H and O–H groups in total. The largest absolute Gasteiger partial charge is 0.496 e. The molecule has 82 valence electrons. The lowest BCUT2D eigenvalue weighted by Crippen LogP contribution is -1.99. The first-order valence-electron chi connectivity index (χ1n) is 5.29. The number of carbonyl (C=O) groups is 1.